The Morgan fingerprint density at radius 1 is 1.28 bits per heavy atom. The third-order valence-electron chi connectivity index (χ3n) is 3.57. The van der Waals surface area contributed by atoms with E-state index < -0.39 is 5.91 Å². The molecule has 1 amide bonds. The van der Waals surface area contributed by atoms with Gasteiger partial charge >= 0.3 is 0 Å². The van der Waals surface area contributed by atoms with Gasteiger partial charge < -0.3 is 5.32 Å². The van der Waals surface area contributed by atoms with E-state index in [1.807, 2.05) is 13.0 Å². The van der Waals surface area contributed by atoms with Crippen LogP contribution in [0.25, 0.3) is 0 Å². The molecule has 1 aromatic rings. The number of hydroxylamine groups is 1. The van der Waals surface area contributed by atoms with Crippen LogP contribution >= 0.6 is 0 Å². The number of anilines is 1. The molecule has 98 valence electrons. The first-order chi connectivity index (χ1) is 8.70. The minimum absolute atomic E-state index is 0.471. The van der Waals surface area contributed by atoms with E-state index in [0.29, 0.717) is 11.6 Å². The number of hydrogen-bond acceptors (Lipinski definition) is 3. The van der Waals surface area contributed by atoms with Crippen LogP contribution in [0.15, 0.2) is 18.2 Å². The summed E-state index contributed by atoms with van der Waals surface area (Å²) in [7, 11) is 0. The first kappa shape index (κ1) is 12.9. The average molecular weight is 248 g/mol. The van der Waals surface area contributed by atoms with E-state index in [1.165, 1.54) is 32.1 Å². The van der Waals surface area contributed by atoms with Crippen molar-refractivity contribution in [2.24, 2.45) is 0 Å². The van der Waals surface area contributed by atoms with Crippen LogP contribution in [0.3, 0.4) is 0 Å². The number of nitrogens with one attached hydrogen (secondary N) is 2. The van der Waals surface area contributed by atoms with E-state index in [1.54, 1.807) is 17.6 Å². The number of rotatable bonds is 3. The molecule has 0 saturated heterocycles. The Balaban J connectivity index is 2.12. The SMILES string of the molecule is Cc1ccc(C(=O)NO)cc1NC1CCCCC1. The van der Waals surface area contributed by atoms with Gasteiger partial charge in [0.15, 0.2) is 0 Å². The lowest BCUT2D eigenvalue weighted by Crippen LogP contribution is -2.23. The van der Waals surface area contributed by atoms with E-state index in [9.17, 15) is 4.79 Å². The van der Waals surface area contributed by atoms with E-state index in [4.69, 9.17) is 5.21 Å². The largest absolute Gasteiger partial charge is 0.382 e. The van der Waals surface area contributed by atoms with Crippen LogP contribution < -0.4 is 10.8 Å². The second-order valence-corrected chi connectivity index (χ2v) is 4.95. The van der Waals surface area contributed by atoms with Crippen molar-refractivity contribution in [3.63, 3.8) is 0 Å². The van der Waals surface area contributed by atoms with Gasteiger partial charge in [0.2, 0.25) is 0 Å². The molecule has 1 saturated carbocycles. The van der Waals surface area contributed by atoms with Gasteiger partial charge in [-0.1, -0.05) is 25.3 Å². The zero-order chi connectivity index (χ0) is 13.0. The van der Waals surface area contributed by atoms with E-state index >= 15 is 0 Å². The Morgan fingerprint density at radius 2 is 2.00 bits per heavy atom. The van der Waals surface area contributed by atoms with Gasteiger partial charge in [-0.05, 0) is 37.5 Å². The Morgan fingerprint density at radius 3 is 2.67 bits per heavy atom. The number of amides is 1. The van der Waals surface area contributed by atoms with Gasteiger partial charge in [0.05, 0.1) is 0 Å². The highest BCUT2D eigenvalue weighted by molar-refractivity contribution is 5.94. The van der Waals surface area contributed by atoms with Crippen molar-refractivity contribution in [1.82, 2.24) is 5.48 Å². The van der Waals surface area contributed by atoms with Gasteiger partial charge in [-0.15, -0.1) is 0 Å². The maximum atomic E-state index is 11.4. The van der Waals surface area contributed by atoms with Crippen LogP contribution in [0.2, 0.25) is 0 Å². The zero-order valence-corrected chi connectivity index (χ0v) is 10.7. The normalized spacial score (nSPS) is 16.3. The molecule has 2 rings (SSSR count). The average Bonchev–Trinajstić information content (AvgIpc) is 2.41. The molecular weight excluding hydrogens is 228 g/mol. The molecule has 4 nitrogen and oxygen atoms in total. The maximum absolute atomic E-state index is 11.4. The lowest BCUT2D eigenvalue weighted by molar-refractivity contribution is 0.0706. The molecule has 3 N–H and O–H groups in total. The molecule has 0 aromatic heterocycles. The molecule has 1 aliphatic rings. The third-order valence-corrected chi connectivity index (χ3v) is 3.57. The summed E-state index contributed by atoms with van der Waals surface area (Å²) in [5.74, 6) is -0.471. The van der Waals surface area contributed by atoms with Crippen LogP contribution in [-0.4, -0.2) is 17.2 Å². The first-order valence-electron chi connectivity index (χ1n) is 6.52. The smallest absolute Gasteiger partial charge is 0.274 e. The Labute approximate surface area is 107 Å². The van der Waals surface area contributed by atoms with Crippen LogP contribution in [0, 0.1) is 6.92 Å². The molecule has 0 spiro atoms. The number of carbonyl (C=O) groups is 1. The minimum Gasteiger partial charge on any atom is -0.382 e. The summed E-state index contributed by atoms with van der Waals surface area (Å²) in [4.78, 5) is 11.4. The summed E-state index contributed by atoms with van der Waals surface area (Å²) >= 11 is 0. The van der Waals surface area contributed by atoms with Crippen molar-refractivity contribution in [2.45, 2.75) is 45.1 Å². The number of carbonyl (C=O) groups excluding carboxylic acids is 1. The predicted octanol–water partition coefficient (Wildman–Crippen LogP) is 2.86. The van der Waals surface area contributed by atoms with Crippen molar-refractivity contribution in [2.75, 3.05) is 5.32 Å². The van der Waals surface area contributed by atoms with Crippen molar-refractivity contribution in [1.29, 1.82) is 0 Å². The molecule has 0 aliphatic heterocycles. The lowest BCUT2D eigenvalue weighted by Gasteiger charge is -2.25. The van der Waals surface area contributed by atoms with Gasteiger partial charge in [-0.25, -0.2) is 5.48 Å². The Bertz CT molecular complexity index is 426. The molecule has 1 fully saturated rings. The summed E-state index contributed by atoms with van der Waals surface area (Å²) in [6.07, 6.45) is 6.25. The number of hydrogen-bond donors (Lipinski definition) is 3. The fourth-order valence-corrected chi connectivity index (χ4v) is 2.45. The van der Waals surface area contributed by atoms with Crippen molar-refractivity contribution >= 4 is 11.6 Å². The van der Waals surface area contributed by atoms with Gasteiger partial charge in [0.25, 0.3) is 5.91 Å². The Kier molecular flexibility index (Phi) is 4.20. The van der Waals surface area contributed by atoms with Gasteiger partial charge in [0, 0.05) is 17.3 Å². The van der Waals surface area contributed by atoms with Crippen LogP contribution in [0.5, 0.6) is 0 Å². The highest BCUT2D eigenvalue weighted by atomic mass is 16.5. The molecule has 4 heteroatoms. The predicted molar refractivity (Wildman–Crippen MR) is 70.9 cm³/mol. The summed E-state index contributed by atoms with van der Waals surface area (Å²) in [5.41, 5.74) is 4.25. The van der Waals surface area contributed by atoms with E-state index in [0.717, 1.165) is 11.3 Å². The zero-order valence-electron chi connectivity index (χ0n) is 10.7. The molecule has 0 bridgehead atoms. The lowest BCUT2D eigenvalue weighted by atomic mass is 9.95. The summed E-state index contributed by atoms with van der Waals surface area (Å²) in [6, 6.07) is 5.92. The maximum Gasteiger partial charge on any atom is 0.274 e. The van der Waals surface area contributed by atoms with E-state index in [-0.39, 0.29) is 0 Å². The number of aryl methyl sites for hydroxylation is 1. The van der Waals surface area contributed by atoms with Gasteiger partial charge in [-0.2, -0.15) is 0 Å². The summed E-state index contributed by atoms with van der Waals surface area (Å²) in [5, 5.41) is 12.2. The topological polar surface area (TPSA) is 61.4 Å². The fourth-order valence-electron chi connectivity index (χ4n) is 2.45. The molecule has 18 heavy (non-hydrogen) atoms. The molecule has 0 radical (unpaired) electrons. The van der Waals surface area contributed by atoms with Crippen molar-refractivity contribution in [3.05, 3.63) is 29.3 Å². The standard InChI is InChI=1S/C14H20N2O2/c1-10-7-8-11(14(17)16-18)9-13(10)15-12-5-3-2-4-6-12/h7-9,12,15,18H,2-6H2,1H3,(H,16,17). The molecule has 0 unspecified atom stereocenters. The molecule has 1 aliphatic carbocycles. The fraction of sp³-hybridized carbons (Fsp3) is 0.500. The second kappa shape index (κ2) is 5.87. The molecule has 0 atom stereocenters. The summed E-state index contributed by atoms with van der Waals surface area (Å²) < 4.78 is 0. The quantitative estimate of drug-likeness (QED) is 0.569. The monoisotopic (exact) mass is 248 g/mol. The molecular formula is C14H20N2O2. The van der Waals surface area contributed by atoms with Crippen molar-refractivity contribution < 1.29 is 10.0 Å². The van der Waals surface area contributed by atoms with Crippen molar-refractivity contribution in [3.8, 4) is 0 Å². The first-order valence-corrected chi connectivity index (χ1v) is 6.52. The summed E-state index contributed by atoms with van der Waals surface area (Å²) in [6.45, 7) is 2.02. The van der Waals surface area contributed by atoms with Crippen LogP contribution in [0.4, 0.5) is 5.69 Å². The van der Waals surface area contributed by atoms with Crippen LogP contribution in [0.1, 0.15) is 48.0 Å². The highest BCUT2D eigenvalue weighted by Crippen LogP contribution is 2.24. The van der Waals surface area contributed by atoms with Crippen LogP contribution in [-0.2, 0) is 0 Å². The minimum atomic E-state index is -0.471. The van der Waals surface area contributed by atoms with Gasteiger partial charge in [0.1, 0.15) is 0 Å². The third kappa shape index (κ3) is 3.01. The van der Waals surface area contributed by atoms with Gasteiger partial charge in [-0.3, -0.25) is 10.0 Å². The number of benzene rings is 1. The molecule has 0 heterocycles. The molecule has 1 aromatic carbocycles. The second-order valence-electron chi connectivity index (χ2n) is 4.95. The Hall–Kier alpha value is -1.55. The highest BCUT2D eigenvalue weighted by Gasteiger charge is 2.14. The van der Waals surface area contributed by atoms with E-state index in [2.05, 4.69) is 5.32 Å².